The van der Waals surface area contributed by atoms with Gasteiger partial charge in [0.05, 0.1) is 20.6 Å². The first kappa shape index (κ1) is 18.2. The standard InChI is InChI=1S/C20H27NO3/c1-7-16-14(3)10-13(2)11-20(16,12-19(22)24-6)17-8-9-18(23-5)21-15(17)4/h7-10,14H,11-12H2,1-6H3/b16-7-/t14-,20-/m1/s1. The van der Waals surface area contributed by atoms with Gasteiger partial charge in [0.25, 0.3) is 0 Å². The molecule has 0 spiro atoms. The molecule has 0 amide bonds. The number of carbonyl (C=O) groups excluding carboxylic acids is 1. The summed E-state index contributed by atoms with van der Waals surface area (Å²) in [6, 6.07) is 3.91. The second-order valence-corrected chi connectivity index (χ2v) is 6.54. The molecule has 1 aromatic heterocycles. The summed E-state index contributed by atoms with van der Waals surface area (Å²) in [5.41, 5.74) is 4.07. The molecule has 0 fully saturated rings. The van der Waals surface area contributed by atoms with Crippen LogP contribution in [0, 0.1) is 12.8 Å². The molecule has 0 aliphatic heterocycles. The molecule has 1 aliphatic carbocycles. The van der Waals surface area contributed by atoms with Crippen LogP contribution in [0.15, 0.2) is 35.4 Å². The summed E-state index contributed by atoms with van der Waals surface area (Å²) in [6.07, 6.45) is 5.52. The Hall–Kier alpha value is -2.10. The number of hydrogen-bond acceptors (Lipinski definition) is 4. The van der Waals surface area contributed by atoms with Crippen LogP contribution in [-0.2, 0) is 14.9 Å². The monoisotopic (exact) mass is 329 g/mol. The Labute approximate surface area is 144 Å². The van der Waals surface area contributed by atoms with E-state index >= 15 is 0 Å². The molecular weight excluding hydrogens is 302 g/mol. The number of ether oxygens (including phenoxy) is 2. The van der Waals surface area contributed by atoms with Gasteiger partial charge in [-0.1, -0.05) is 36.3 Å². The molecule has 0 bridgehead atoms. The maximum absolute atomic E-state index is 12.3. The van der Waals surface area contributed by atoms with E-state index in [1.165, 1.54) is 18.3 Å². The van der Waals surface area contributed by atoms with Gasteiger partial charge in [0.2, 0.25) is 5.88 Å². The summed E-state index contributed by atoms with van der Waals surface area (Å²) in [7, 11) is 3.05. The molecule has 0 aromatic carbocycles. The zero-order chi connectivity index (χ0) is 17.9. The zero-order valence-corrected chi connectivity index (χ0v) is 15.5. The van der Waals surface area contributed by atoms with Crippen molar-refractivity contribution in [1.82, 2.24) is 4.98 Å². The van der Waals surface area contributed by atoms with Crippen LogP contribution in [0.3, 0.4) is 0 Å². The fourth-order valence-electron chi connectivity index (χ4n) is 4.12. The van der Waals surface area contributed by atoms with E-state index in [0.717, 1.165) is 17.7 Å². The number of nitrogens with zero attached hydrogens (tertiary/aromatic N) is 1. The van der Waals surface area contributed by atoms with Crippen LogP contribution in [0.2, 0.25) is 0 Å². The summed E-state index contributed by atoms with van der Waals surface area (Å²) in [5.74, 6) is 0.656. The van der Waals surface area contributed by atoms with Crippen molar-refractivity contribution < 1.29 is 14.3 Å². The fourth-order valence-corrected chi connectivity index (χ4v) is 4.12. The van der Waals surface area contributed by atoms with Crippen molar-refractivity contribution in [2.45, 2.75) is 46.0 Å². The highest BCUT2D eigenvalue weighted by molar-refractivity contribution is 5.73. The molecule has 0 radical (unpaired) electrons. The molecule has 0 saturated heterocycles. The lowest BCUT2D eigenvalue weighted by Crippen LogP contribution is -2.38. The molecule has 1 aromatic rings. The molecule has 4 heteroatoms. The molecule has 0 saturated carbocycles. The van der Waals surface area contributed by atoms with Crippen LogP contribution in [0.1, 0.15) is 44.9 Å². The predicted octanol–water partition coefficient (Wildman–Crippen LogP) is 4.13. The predicted molar refractivity (Wildman–Crippen MR) is 95.1 cm³/mol. The first-order valence-corrected chi connectivity index (χ1v) is 8.31. The topological polar surface area (TPSA) is 48.4 Å². The summed E-state index contributed by atoms with van der Waals surface area (Å²) >= 11 is 0. The molecule has 2 atom stereocenters. The number of allylic oxidation sites excluding steroid dienone is 4. The number of aryl methyl sites for hydroxylation is 1. The molecule has 1 aliphatic rings. The number of carbonyl (C=O) groups is 1. The van der Waals surface area contributed by atoms with Gasteiger partial charge in [-0.2, -0.15) is 0 Å². The Morgan fingerprint density at radius 1 is 1.38 bits per heavy atom. The van der Waals surface area contributed by atoms with Crippen molar-refractivity contribution in [3.8, 4) is 5.88 Å². The van der Waals surface area contributed by atoms with Crippen LogP contribution in [-0.4, -0.2) is 25.2 Å². The third-order valence-electron chi connectivity index (χ3n) is 4.93. The van der Waals surface area contributed by atoms with Crippen LogP contribution in [0.4, 0.5) is 0 Å². The van der Waals surface area contributed by atoms with Crippen LogP contribution in [0.25, 0.3) is 0 Å². The Bertz CT molecular complexity index is 690. The van der Waals surface area contributed by atoms with E-state index in [4.69, 9.17) is 9.47 Å². The number of hydrogen-bond donors (Lipinski definition) is 0. The van der Waals surface area contributed by atoms with Crippen LogP contribution >= 0.6 is 0 Å². The average Bonchev–Trinajstić information content (AvgIpc) is 2.53. The quantitative estimate of drug-likeness (QED) is 0.615. The van der Waals surface area contributed by atoms with Crippen molar-refractivity contribution in [3.63, 3.8) is 0 Å². The lowest BCUT2D eigenvalue weighted by Gasteiger charge is -2.42. The summed E-state index contributed by atoms with van der Waals surface area (Å²) in [5, 5.41) is 0. The van der Waals surface area contributed by atoms with Gasteiger partial charge < -0.3 is 9.47 Å². The minimum Gasteiger partial charge on any atom is -0.481 e. The minimum absolute atomic E-state index is 0.202. The van der Waals surface area contributed by atoms with Crippen molar-refractivity contribution >= 4 is 5.97 Å². The van der Waals surface area contributed by atoms with Crippen molar-refractivity contribution in [1.29, 1.82) is 0 Å². The van der Waals surface area contributed by atoms with E-state index in [1.54, 1.807) is 7.11 Å². The number of rotatable bonds is 4. The van der Waals surface area contributed by atoms with Gasteiger partial charge in [0.15, 0.2) is 0 Å². The highest BCUT2D eigenvalue weighted by atomic mass is 16.5. The smallest absolute Gasteiger partial charge is 0.306 e. The Morgan fingerprint density at radius 3 is 2.62 bits per heavy atom. The molecule has 24 heavy (non-hydrogen) atoms. The average molecular weight is 329 g/mol. The molecule has 2 rings (SSSR count). The molecule has 4 nitrogen and oxygen atoms in total. The molecule has 130 valence electrons. The Morgan fingerprint density at radius 2 is 2.08 bits per heavy atom. The molecular formula is C20H27NO3. The van der Waals surface area contributed by atoms with E-state index in [0.29, 0.717) is 12.3 Å². The summed E-state index contributed by atoms with van der Waals surface area (Å²) in [6.45, 7) is 8.32. The van der Waals surface area contributed by atoms with Gasteiger partial charge in [-0.05, 0) is 38.7 Å². The zero-order valence-electron chi connectivity index (χ0n) is 15.5. The van der Waals surface area contributed by atoms with Gasteiger partial charge in [-0.25, -0.2) is 4.98 Å². The first-order chi connectivity index (χ1) is 11.4. The van der Waals surface area contributed by atoms with E-state index in [9.17, 15) is 4.79 Å². The van der Waals surface area contributed by atoms with Gasteiger partial charge in [0, 0.05) is 17.2 Å². The maximum atomic E-state index is 12.3. The highest BCUT2D eigenvalue weighted by Crippen LogP contribution is 2.49. The number of esters is 1. The van der Waals surface area contributed by atoms with Gasteiger partial charge >= 0.3 is 5.97 Å². The van der Waals surface area contributed by atoms with Gasteiger partial charge in [-0.3, -0.25) is 4.79 Å². The number of aromatic nitrogens is 1. The Balaban J connectivity index is 2.68. The minimum atomic E-state index is -0.413. The second-order valence-electron chi connectivity index (χ2n) is 6.54. The van der Waals surface area contributed by atoms with Crippen molar-refractivity contribution in [2.75, 3.05) is 14.2 Å². The fraction of sp³-hybridized carbons (Fsp3) is 0.500. The Kier molecular flexibility index (Phi) is 5.47. The first-order valence-electron chi connectivity index (χ1n) is 8.31. The summed E-state index contributed by atoms with van der Waals surface area (Å²) in [4.78, 5) is 16.8. The van der Waals surface area contributed by atoms with Crippen molar-refractivity contribution in [2.24, 2.45) is 5.92 Å². The van der Waals surface area contributed by atoms with Crippen LogP contribution in [0.5, 0.6) is 5.88 Å². The highest BCUT2D eigenvalue weighted by Gasteiger charge is 2.43. The third kappa shape index (κ3) is 3.23. The largest absolute Gasteiger partial charge is 0.481 e. The van der Waals surface area contributed by atoms with E-state index in [-0.39, 0.29) is 11.9 Å². The number of pyridine rings is 1. The third-order valence-corrected chi connectivity index (χ3v) is 4.93. The second kappa shape index (κ2) is 7.20. The summed E-state index contributed by atoms with van der Waals surface area (Å²) < 4.78 is 10.3. The molecule has 1 heterocycles. The van der Waals surface area contributed by atoms with Gasteiger partial charge in [0.1, 0.15) is 0 Å². The lowest BCUT2D eigenvalue weighted by molar-refractivity contribution is -0.141. The number of methoxy groups -OCH3 is 2. The molecule has 0 unspecified atom stereocenters. The normalized spacial score (nSPS) is 25.3. The van der Waals surface area contributed by atoms with Crippen molar-refractivity contribution in [3.05, 3.63) is 46.7 Å². The maximum Gasteiger partial charge on any atom is 0.306 e. The van der Waals surface area contributed by atoms with E-state index in [2.05, 4.69) is 31.0 Å². The van der Waals surface area contributed by atoms with Gasteiger partial charge in [-0.15, -0.1) is 0 Å². The van der Waals surface area contributed by atoms with Crippen LogP contribution < -0.4 is 4.74 Å². The van der Waals surface area contributed by atoms with E-state index < -0.39 is 5.41 Å². The van der Waals surface area contributed by atoms with E-state index in [1.807, 2.05) is 26.0 Å². The lowest BCUT2D eigenvalue weighted by atomic mass is 9.61. The SMILES string of the molecule is C/C=C1/[C@H](C)C=C(C)C[C@]1(CC(=O)OC)c1ccc(OC)nc1C. The molecule has 0 N–H and O–H groups in total.